The summed E-state index contributed by atoms with van der Waals surface area (Å²) >= 11 is 0. The van der Waals surface area contributed by atoms with Crippen molar-refractivity contribution < 1.29 is 8.42 Å². The van der Waals surface area contributed by atoms with Gasteiger partial charge in [-0.15, -0.1) is 0 Å². The van der Waals surface area contributed by atoms with E-state index in [4.69, 9.17) is 0 Å². The third kappa shape index (κ3) is 7.03. The van der Waals surface area contributed by atoms with Gasteiger partial charge in [-0.1, -0.05) is 34.9 Å². The van der Waals surface area contributed by atoms with Gasteiger partial charge in [0.25, 0.3) is 0 Å². The Morgan fingerprint density at radius 2 is 2.00 bits per heavy atom. The van der Waals surface area contributed by atoms with Crippen LogP contribution in [0.4, 0.5) is 0 Å². The summed E-state index contributed by atoms with van der Waals surface area (Å²) < 4.78 is 22.2. The second-order valence-electron chi connectivity index (χ2n) is 2.20. The van der Waals surface area contributed by atoms with Crippen LogP contribution >= 0.6 is 21.6 Å². The number of rotatable bonds is 6. The normalized spacial score (nSPS) is 11.8. The number of hydrogen-bond donors (Lipinski definition) is 0. The smallest absolute Gasteiger partial charge is 0.160 e. The number of hydrogen-bond acceptors (Lipinski definition) is 4. The van der Waals surface area contributed by atoms with Crippen molar-refractivity contribution in [3.63, 3.8) is 0 Å². The van der Waals surface area contributed by atoms with Crippen molar-refractivity contribution in [1.82, 2.24) is 0 Å². The highest BCUT2D eigenvalue weighted by Crippen LogP contribution is 2.19. The fraction of sp³-hybridized carbons (Fsp3) is 1.00. The average molecular weight is 214 g/mol. The summed E-state index contributed by atoms with van der Waals surface area (Å²) in [6.07, 6.45) is 3.63. The van der Waals surface area contributed by atoms with E-state index in [2.05, 4.69) is 0 Å². The zero-order chi connectivity index (χ0) is 8.74. The van der Waals surface area contributed by atoms with Gasteiger partial charge in [0.2, 0.25) is 0 Å². The minimum Gasteiger partial charge on any atom is -0.228 e. The van der Waals surface area contributed by atoms with Gasteiger partial charge in [-0.3, -0.25) is 0 Å². The molecule has 2 nitrogen and oxygen atoms in total. The van der Waals surface area contributed by atoms with Crippen molar-refractivity contribution in [3.05, 3.63) is 0 Å². The fourth-order valence-electron chi connectivity index (χ4n) is 0.545. The molecule has 0 N–H and O–H groups in total. The van der Waals surface area contributed by atoms with Gasteiger partial charge in [-0.05, 0) is 12.7 Å². The highest BCUT2D eigenvalue weighted by molar-refractivity contribution is 8.77. The Bertz CT molecular complexity index is 160. The zero-order valence-electron chi connectivity index (χ0n) is 6.87. The van der Waals surface area contributed by atoms with Crippen molar-refractivity contribution in [2.24, 2.45) is 0 Å². The first-order valence-corrected chi connectivity index (χ1v) is 8.03. The molecule has 0 spiro atoms. The summed E-state index contributed by atoms with van der Waals surface area (Å²) in [6, 6.07) is 0. The Morgan fingerprint density at radius 3 is 2.45 bits per heavy atom. The number of sulfone groups is 1. The molecule has 0 atom stereocenters. The van der Waals surface area contributed by atoms with E-state index in [1.54, 1.807) is 0 Å². The lowest BCUT2D eigenvalue weighted by Gasteiger charge is -1.99. The van der Waals surface area contributed by atoms with Crippen LogP contribution < -0.4 is 0 Å². The second-order valence-corrected chi connectivity index (χ2v) is 7.32. The van der Waals surface area contributed by atoms with Gasteiger partial charge < -0.3 is 0 Å². The lowest BCUT2D eigenvalue weighted by Crippen LogP contribution is -2.07. The van der Waals surface area contributed by atoms with Gasteiger partial charge in [-0.2, -0.15) is 0 Å². The molecule has 0 aromatic rings. The minimum absolute atomic E-state index is 0.258. The van der Waals surface area contributed by atoms with E-state index < -0.39 is 9.84 Å². The van der Waals surface area contributed by atoms with Crippen LogP contribution in [0.3, 0.4) is 0 Å². The summed E-state index contributed by atoms with van der Waals surface area (Å²) in [6.45, 7) is 2.00. The Hall–Kier alpha value is 0.650. The zero-order valence-corrected chi connectivity index (χ0v) is 9.32. The molecule has 0 aliphatic rings. The molecule has 5 heteroatoms. The molecule has 0 aliphatic heterocycles. The van der Waals surface area contributed by atoms with E-state index in [1.807, 2.05) is 13.2 Å². The van der Waals surface area contributed by atoms with Crippen molar-refractivity contribution in [3.8, 4) is 0 Å². The summed E-state index contributed by atoms with van der Waals surface area (Å²) in [7, 11) is 0.130. The van der Waals surface area contributed by atoms with Gasteiger partial charge in [0, 0.05) is 0 Å². The average Bonchev–Trinajstić information content (AvgIpc) is 1.97. The summed E-state index contributed by atoms with van der Waals surface area (Å²) in [4.78, 5) is 0. The molecule has 0 saturated carbocycles. The molecule has 0 fully saturated rings. The maximum atomic E-state index is 11.1. The first-order valence-electron chi connectivity index (χ1n) is 3.48. The third-order valence-electron chi connectivity index (χ3n) is 1.15. The molecule has 0 amide bonds. The lowest BCUT2D eigenvalue weighted by atomic mass is 10.4. The first-order chi connectivity index (χ1) is 5.12. The van der Waals surface area contributed by atoms with Gasteiger partial charge in [0.1, 0.15) is 5.08 Å². The maximum absolute atomic E-state index is 11.1. The number of unbranched alkanes of at least 4 members (excludes halogenated alkanes) is 1. The quantitative estimate of drug-likeness (QED) is 0.635. The Morgan fingerprint density at radius 1 is 1.36 bits per heavy atom. The molecule has 0 radical (unpaired) electrons. The van der Waals surface area contributed by atoms with Crippen LogP contribution in [0.25, 0.3) is 0 Å². The highest BCUT2D eigenvalue weighted by atomic mass is 33.1. The van der Waals surface area contributed by atoms with Crippen LogP contribution in [0.1, 0.15) is 19.8 Å². The Labute approximate surface area is 76.8 Å². The third-order valence-corrected chi connectivity index (χ3v) is 5.70. The van der Waals surface area contributed by atoms with E-state index in [-0.39, 0.29) is 5.08 Å². The van der Waals surface area contributed by atoms with Crippen LogP contribution in [-0.4, -0.2) is 25.5 Å². The van der Waals surface area contributed by atoms with Crippen LogP contribution in [0, 0.1) is 0 Å². The Balaban J connectivity index is 3.63. The molecule has 0 aromatic carbocycles. The van der Waals surface area contributed by atoms with Crippen molar-refractivity contribution in [1.29, 1.82) is 0 Å². The van der Waals surface area contributed by atoms with Crippen LogP contribution in [0.5, 0.6) is 0 Å². The van der Waals surface area contributed by atoms with Crippen molar-refractivity contribution in [2.75, 3.05) is 17.1 Å². The molecule has 68 valence electrons. The van der Waals surface area contributed by atoms with Gasteiger partial charge in [-0.25, -0.2) is 8.42 Å². The van der Waals surface area contributed by atoms with Gasteiger partial charge >= 0.3 is 0 Å². The molecule has 11 heavy (non-hydrogen) atoms. The van der Waals surface area contributed by atoms with Crippen LogP contribution in [-0.2, 0) is 9.84 Å². The molecule has 0 unspecified atom stereocenters. The standard InChI is InChI=1S/C6H14O2S3/c1-3-4-5-11(7,8)6-10-9-2/h3-6H2,1-2H3. The molecule has 0 saturated heterocycles. The van der Waals surface area contributed by atoms with E-state index >= 15 is 0 Å². The fourth-order valence-corrected chi connectivity index (χ4v) is 4.90. The predicted octanol–water partition coefficient (Wildman–Crippen LogP) is 2.17. The highest BCUT2D eigenvalue weighted by Gasteiger charge is 2.08. The topological polar surface area (TPSA) is 34.1 Å². The maximum Gasteiger partial charge on any atom is 0.160 e. The van der Waals surface area contributed by atoms with Gasteiger partial charge in [0.15, 0.2) is 9.84 Å². The SMILES string of the molecule is CCCCS(=O)(=O)CSSC. The van der Waals surface area contributed by atoms with E-state index in [0.717, 1.165) is 12.8 Å². The van der Waals surface area contributed by atoms with Gasteiger partial charge in [0.05, 0.1) is 5.75 Å². The van der Waals surface area contributed by atoms with Crippen molar-refractivity contribution >= 4 is 31.4 Å². The molecule has 0 aliphatic carbocycles. The van der Waals surface area contributed by atoms with Crippen molar-refractivity contribution in [2.45, 2.75) is 19.8 Å². The van der Waals surface area contributed by atoms with E-state index in [1.165, 1.54) is 21.6 Å². The molecule has 0 heterocycles. The molecule has 0 bridgehead atoms. The monoisotopic (exact) mass is 214 g/mol. The summed E-state index contributed by atoms with van der Waals surface area (Å²) in [5.74, 6) is 0.344. The first kappa shape index (κ1) is 11.6. The van der Waals surface area contributed by atoms with Crippen LogP contribution in [0.2, 0.25) is 0 Å². The lowest BCUT2D eigenvalue weighted by molar-refractivity contribution is 0.597. The molecule has 0 rings (SSSR count). The second kappa shape index (κ2) is 6.20. The molecule has 0 aromatic heterocycles. The van der Waals surface area contributed by atoms with E-state index in [0.29, 0.717) is 5.75 Å². The molecular formula is C6H14O2S3. The Kier molecular flexibility index (Phi) is 6.56. The van der Waals surface area contributed by atoms with Crippen LogP contribution in [0.15, 0.2) is 0 Å². The summed E-state index contributed by atoms with van der Waals surface area (Å²) in [5.41, 5.74) is 0. The predicted molar refractivity (Wildman–Crippen MR) is 54.7 cm³/mol. The molecular weight excluding hydrogens is 200 g/mol. The van der Waals surface area contributed by atoms with E-state index in [9.17, 15) is 8.42 Å². The minimum atomic E-state index is -2.76. The largest absolute Gasteiger partial charge is 0.228 e. The summed E-state index contributed by atoms with van der Waals surface area (Å²) in [5, 5.41) is 0.258.